The molecule has 0 aromatic rings. The molecule has 0 radical (unpaired) electrons. The highest BCUT2D eigenvalue weighted by Crippen LogP contribution is 2.15. The Hall–Kier alpha value is -1.19. The van der Waals surface area contributed by atoms with E-state index < -0.39 is 46.4 Å². The molecule has 0 spiro atoms. The topological polar surface area (TPSA) is 132 Å². The van der Waals surface area contributed by atoms with Gasteiger partial charge in [-0.25, -0.2) is 0 Å². The van der Waals surface area contributed by atoms with Gasteiger partial charge in [-0.2, -0.15) is 8.42 Å². The van der Waals surface area contributed by atoms with Crippen molar-refractivity contribution in [3.05, 3.63) is 0 Å². The Morgan fingerprint density at radius 2 is 1.58 bits per heavy atom. The molecule has 0 heterocycles. The number of carboxylic acids is 2. The van der Waals surface area contributed by atoms with Crippen LogP contribution in [-0.2, 0) is 19.7 Å². The van der Waals surface area contributed by atoms with Crippen LogP contribution in [0.2, 0.25) is 0 Å². The van der Waals surface area contributed by atoms with E-state index in [0.717, 1.165) is 0 Å². The van der Waals surface area contributed by atoms with Gasteiger partial charge in [-0.1, -0.05) is 6.92 Å². The van der Waals surface area contributed by atoms with Gasteiger partial charge in [0.15, 0.2) is 0 Å². The SMILES string of the molecule is CCC(CC(C)S(=O)(=O)O)N(CC(=O)O)CC(=O)O. The van der Waals surface area contributed by atoms with Crippen LogP contribution in [0.4, 0.5) is 0 Å². The number of hydrogen-bond acceptors (Lipinski definition) is 5. The van der Waals surface area contributed by atoms with Crippen LogP contribution in [0.15, 0.2) is 0 Å². The highest BCUT2D eigenvalue weighted by Gasteiger charge is 2.27. The summed E-state index contributed by atoms with van der Waals surface area (Å²) in [5.41, 5.74) is 0. The average Bonchev–Trinajstić information content (AvgIpc) is 2.21. The molecule has 0 aliphatic rings. The number of aliphatic carboxylic acids is 2. The summed E-state index contributed by atoms with van der Waals surface area (Å²) in [6.07, 6.45) is 0.344. The maximum Gasteiger partial charge on any atom is 0.317 e. The molecule has 0 amide bonds. The fourth-order valence-corrected chi connectivity index (χ4v) is 2.21. The summed E-state index contributed by atoms with van der Waals surface area (Å²) in [6.45, 7) is 1.99. The lowest BCUT2D eigenvalue weighted by Gasteiger charge is -2.29. The van der Waals surface area contributed by atoms with Crippen molar-refractivity contribution in [1.29, 1.82) is 0 Å². The van der Waals surface area contributed by atoms with Gasteiger partial charge in [0, 0.05) is 6.04 Å². The molecule has 0 saturated heterocycles. The molecule has 0 fully saturated rings. The summed E-state index contributed by atoms with van der Waals surface area (Å²) < 4.78 is 30.8. The normalized spacial score (nSPS) is 15.2. The van der Waals surface area contributed by atoms with Crippen molar-refractivity contribution in [1.82, 2.24) is 4.90 Å². The number of hydrogen-bond donors (Lipinski definition) is 3. The molecular formula is C10H19NO7S. The highest BCUT2D eigenvalue weighted by atomic mass is 32.2. The maximum absolute atomic E-state index is 11.0. The van der Waals surface area contributed by atoms with E-state index in [1.54, 1.807) is 6.92 Å². The van der Waals surface area contributed by atoms with Crippen LogP contribution in [0.1, 0.15) is 26.7 Å². The molecule has 9 heteroatoms. The minimum atomic E-state index is -4.22. The zero-order valence-corrected chi connectivity index (χ0v) is 11.6. The quantitative estimate of drug-likeness (QED) is 0.503. The molecule has 0 aliphatic carbocycles. The Labute approximate surface area is 111 Å². The van der Waals surface area contributed by atoms with Crippen LogP contribution in [-0.4, -0.2) is 64.4 Å². The van der Waals surface area contributed by atoms with Crippen LogP contribution in [0.5, 0.6) is 0 Å². The first kappa shape index (κ1) is 17.8. The second kappa shape index (κ2) is 7.41. The molecule has 3 N–H and O–H groups in total. The van der Waals surface area contributed by atoms with E-state index in [1.807, 2.05) is 0 Å². The molecule has 8 nitrogen and oxygen atoms in total. The first-order valence-electron chi connectivity index (χ1n) is 5.71. The van der Waals surface area contributed by atoms with Gasteiger partial charge in [0.05, 0.1) is 18.3 Å². The predicted octanol–water partition coefficient (Wildman–Crippen LogP) is -0.0974. The monoisotopic (exact) mass is 297 g/mol. The van der Waals surface area contributed by atoms with Crippen LogP contribution < -0.4 is 0 Å². The van der Waals surface area contributed by atoms with Crippen molar-refractivity contribution in [3.8, 4) is 0 Å². The second-order valence-corrected chi connectivity index (χ2v) is 6.15. The van der Waals surface area contributed by atoms with Crippen molar-refractivity contribution in [2.75, 3.05) is 13.1 Å². The van der Waals surface area contributed by atoms with Gasteiger partial charge >= 0.3 is 11.9 Å². The fraction of sp³-hybridized carbons (Fsp3) is 0.800. The summed E-state index contributed by atoms with van der Waals surface area (Å²) in [5.74, 6) is -2.39. The minimum Gasteiger partial charge on any atom is -0.480 e. The van der Waals surface area contributed by atoms with E-state index in [4.69, 9.17) is 14.8 Å². The summed E-state index contributed by atoms with van der Waals surface area (Å²) in [4.78, 5) is 22.6. The summed E-state index contributed by atoms with van der Waals surface area (Å²) in [5, 5.41) is 16.4. The number of rotatable bonds is 9. The summed E-state index contributed by atoms with van der Waals surface area (Å²) >= 11 is 0. The van der Waals surface area contributed by atoms with Crippen LogP contribution >= 0.6 is 0 Å². The second-order valence-electron chi connectivity index (χ2n) is 4.32. The van der Waals surface area contributed by atoms with Gasteiger partial charge in [0.25, 0.3) is 10.1 Å². The van der Waals surface area contributed by atoms with Gasteiger partial charge in [-0.05, 0) is 19.8 Å². The van der Waals surface area contributed by atoms with Crippen LogP contribution in [0.25, 0.3) is 0 Å². The van der Waals surface area contributed by atoms with Crippen molar-refractivity contribution < 1.29 is 32.8 Å². The van der Waals surface area contributed by atoms with Crippen molar-refractivity contribution in [3.63, 3.8) is 0 Å². The molecule has 0 aromatic heterocycles. The lowest BCUT2D eigenvalue weighted by atomic mass is 10.1. The van der Waals surface area contributed by atoms with Gasteiger partial charge < -0.3 is 10.2 Å². The molecule has 0 aliphatic heterocycles. The third kappa shape index (κ3) is 7.09. The van der Waals surface area contributed by atoms with Gasteiger partial charge in [-0.15, -0.1) is 0 Å². The third-order valence-electron chi connectivity index (χ3n) is 2.78. The molecule has 0 rings (SSSR count). The van der Waals surface area contributed by atoms with E-state index >= 15 is 0 Å². The Morgan fingerprint density at radius 3 is 1.84 bits per heavy atom. The summed E-state index contributed by atoms with van der Waals surface area (Å²) in [7, 11) is -4.22. The van der Waals surface area contributed by atoms with Crippen molar-refractivity contribution >= 4 is 22.1 Å². The first-order chi connectivity index (χ1) is 8.57. The molecule has 0 bridgehead atoms. The Bertz CT molecular complexity index is 404. The molecule has 2 unspecified atom stereocenters. The first-order valence-corrected chi connectivity index (χ1v) is 7.22. The predicted molar refractivity (Wildman–Crippen MR) is 66.6 cm³/mol. The molecule has 2 atom stereocenters. The molecule has 112 valence electrons. The number of carboxylic acid groups (broad SMARTS) is 2. The lowest BCUT2D eigenvalue weighted by molar-refractivity contribution is -0.143. The third-order valence-corrected chi connectivity index (χ3v) is 3.99. The minimum absolute atomic E-state index is 0.0319. The largest absolute Gasteiger partial charge is 0.480 e. The smallest absolute Gasteiger partial charge is 0.317 e. The molecular weight excluding hydrogens is 278 g/mol. The van der Waals surface area contributed by atoms with Gasteiger partial charge in [0.1, 0.15) is 0 Å². The van der Waals surface area contributed by atoms with E-state index in [-0.39, 0.29) is 6.42 Å². The molecule has 0 saturated carbocycles. The van der Waals surface area contributed by atoms with Gasteiger partial charge in [0.2, 0.25) is 0 Å². The summed E-state index contributed by atoms with van der Waals surface area (Å²) in [6, 6.07) is -0.552. The Kier molecular flexibility index (Phi) is 6.95. The van der Waals surface area contributed by atoms with E-state index in [9.17, 15) is 18.0 Å². The van der Waals surface area contributed by atoms with Gasteiger partial charge in [-0.3, -0.25) is 19.0 Å². The molecule has 19 heavy (non-hydrogen) atoms. The number of carbonyl (C=O) groups is 2. The maximum atomic E-state index is 11.0. The van der Waals surface area contributed by atoms with Crippen molar-refractivity contribution in [2.24, 2.45) is 0 Å². The Balaban J connectivity index is 4.92. The Morgan fingerprint density at radius 1 is 1.16 bits per heavy atom. The highest BCUT2D eigenvalue weighted by molar-refractivity contribution is 7.86. The zero-order valence-electron chi connectivity index (χ0n) is 10.8. The van der Waals surface area contributed by atoms with Crippen LogP contribution in [0.3, 0.4) is 0 Å². The van der Waals surface area contributed by atoms with E-state index in [1.165, 1.54) is 11.8 Å². The van der Waals surface area contributed by atoms with Crippen molar-refractivity contribution in [2.45, 2.75) is 38.0 Å². The van der Waals surface area contributed by atoms with E-state index in [0.29, 0.717) is 6.42 Å². The molecule has 0 aromatic carbocycles. The van der Waals surface area contributed by atoms with Crippen LogP contribution in [0, 0.1) is 0 Å². The standard InChI is InChI=1S/C10H19NO7S/c1-3-8(4-7(2)19(16,17)18)11(5-9(12)13)6-10(14)15/h7-8H,3-6H2,1-2H3,(H,12,13)(H,14,15)(H,16,17,18). The lowest BCUT2D eigenvalue weighted by Crippen LogP contribution is -2.44. The average molecular weight is 297 g/mol. The zero-order chi connectivity index (χ0) is 15.2. The number of nitrogens with zero attached hydrogens (tertiary/aromatic N) is 1. The van der Waals surface area contributed by atoms with E-state index in [2.05, 4.69) is 0 Å². The fourth-order valence-electron chi connectivity index (χ4n) is 1.74.